The molecule has 0 atom stereocenters. The average molecular weight is 228 g/mol. The van der Waals surface area contributed by atoms with E-state index in [1.165, 1.54) is 4.68 Å². The van der Waals surface area contributed by atoms with E-state index in [4.69, 9.17) is 0 Å². The number of imidazole rings is 1. The van der Waals surface area contributed by atoms with E-state index in [-0.39, 0.29) is 5.56 Å². The predicted octanol–water partition coefficient (Wildman–Crippen LogP) is 0.138. The summed E-state index contributed by atoms with van der Waals surface area (Å²) in [6, 6.07) is 3.77. The zero-order valence-corrected chi connectivity index (χ0v) is 9.14. The van der Waals surface area contributed by atoms with Gasteiger partial charge in [0.1, 0.15) is 5.82 Å². The van der Waals surface area contributed by atoms with Gasteiger partial charge in [-0.15, -0.1) is 0 Å². The quantitative estimate of drug-likeness (QED) is 0.643. The van der Waals surface area contributed by atoms with Crippen LogP contribution in [0.4, 0.5) is 0 Å². The number of rotatable bonds is 1. The fraction of sp³-hybridized carbons (Fsp3) is 0.0909. The van der Waals surface area contributed by atoms with Gasteiger partial charge < -0.3 is 4.98 Å². The summed E-state index contributed by atoms with van der Waals surface area (Å²) < 4.78 is 1.27. The van der Waals surface area contributed by atoms with E-state index in [0.29, 0.717) is 16.9 Å². The van der Waals surface area contributed by atoms with Crippen molar-refractivity contribution in [3.63, 3.8) is 0 Å². The largest absolute Gasteiger partial charge is 0.336 e. The van der Waals surface area contributed by atoms with Crippen molar-refractivity contribution < 1.29 is 4.98 Å². The van der Waals surface area contributed by atoms with Crippen LogP contribution in [-0.2, 0) is 7.05 Å². The number of pyridine rings is 1. The maximum Gasteiger partial charge on any atom is 0.294 e. The van der Waals surface area contributed by atoms with Crippen molar-refractivity contribution in [1.82, 2.24) is 19.7 Å². The number of H-pyrrole nitrogens is 2. The first-order chi connectivity index (χ1) is 8.25. The minimum atomic E-state index is -0.201. The molecule has 0 aliphatic heterocycles. The maximum absolute atomic E-state index is 11.8. The Hall–Kier alpha value is -2.50. The lowest BCUT2D eigenvalue weighted by atomic mass is 10.3. The Labute approximate surface area is 96.0 Å². The van der Waals surface area contributed by atoms with Crippen LogP contribution >= 0.6 is 0 Å². The molecule has 6 heteroatoms. The highest BCUT2D eigenvalue weighted by Gasteiger charge is 2.09. The third kappa shape index (κ3) is 1.50. The van der Waals surface area contributed by atoms with Crippen LogP contribution in [0.2, 0.25) is 0 Å². The van der Waals surface area contributed by atoms with Crippen LogP contribution in [0.3, 0.4) is 0 Å². The minimum Gasteiger partial charge on any atom is -0.336 e. The van der Waals surface area contributed by atoms with Crippen molar-refractivity contribution in [2.24, 2.45) is 7.05 Å². The van der Waals surface area contributed by atoms with Gasteiger partial charge in [0, 0.05) is 24.7 Å². The van der Waals surface area contributed by atoms with Gasteiger partial charge in [0.15, 0.2) is 17.9 Å². The molecule has 3 aromatic rings. The van der Waals surface area contributed by atoms with Crippen LogP contribution < -0.4 is 10.5 Å². The number of fused-ring (bicyclic) bond motifs is 1. The maximum atomic E-state index is 11.8. The molecule has 0 unspecified atom stereocenters. The molecule has 0 spiro atoms. The SMILES string of the molecule is Cn1ncc2[nH]c(-c3cc[nH+]cc3)nc2c1=O. The van der Waals surface area contributed by atoms with Crippen LogP contribution in [0.5, 0.6) is 0 Å². The summed E-state index contributed by atoms with van der Waals surface area (Å²) in [4.78, 5) is 22.1. The smallest absolute Gasteiger partial charge is 0.294 e. The summed E-state index contributed by atoms with van der Waals surface area (Å²) in [7, 11) is 1.60. The normalized spacial score (nSPS) is 10.9. The Bertz CT molecular complexity index is 728. The highest BCUT2D eigenvalue weighted by atomic mass is 16.1. The third-order valence-electron chi connectivity index (χ3n) is 2.58. The van der Waals surface area contributed by atoms with Gasteiger partial charge in [0.05, 0.1) is 11.7 Å². The summed E-state index contributed by atoms with van der Waals surface area (Å²) >= 11 is 0. The second kappa shape index (κ2) is 3.51. The van der Waals surface area contributed by atoms with Crippen LogP contribution in [0.15, 0.2) is 35.5 Å². The second-order valence-electron chi connectivity index (χ2n) is 3.71. The summed E-state index contributed by atoms with van der Waals surface area (Å²) in [5.74, 6) is 0.666. The van der Waals surface area contributed by atoms with Crippen molar-refractivity contribution in [1.29, 1.82) is 0 Å². The van der Waals surface area contributed by atoms with E-state index in [2.05, 4.69) is 20.1 Å². The van der Waals surface area contributed by atoms with Gasteiger partial charge in [-0.1, -0.05) is 0 Å². The second-order valence-corrected chi connectivity index (χ2v) is 3.71. The number of hydrogen-bond acceptors (Lipinski definition) is 3. The molecule has 0 aromatic carbocycles. The van der Waals surface area contributed by atoms with Crippen molar-refractivity contribution in [2.75, 3.05) is 0 Å². The Morgan fingerprint density at radius 2 is 2.12 bits per heavy atom. The Balaban J connectivity index is 2.28. The number of hydrogen-bond donors (Lipinski definition) is 1. The van der Waals surface area contributed by atoms with E-state index in [9.17, 15) is 4.79 Å². The van der Waals surface area contributed by atoms with Crippen molar-refractivity contribution in [2.45, 2.75) is 0 Å². The van der Waals surface area contributed by atoms with Crippen LogP contribution in [-0.4, -0.2) is 19.7 Å². The summed E-state index contributed by atoms with van der Waals surface area (Å²) in [6.45, 7) is 0. The predicted molar refractivity (Wildman–Crippen MR) is 61.1 cm³/mol. The van der Waals surface area contributed by atoms with E-state index in [1.807, 2.05) is 12.1 Å². The van der Waals surface area contributed by atoms with Gasteiger partial charge >= 0.3 is 0 Å². The van der Waals surface area contributed by atoms with Gasteiger partial charge in [-0.2, -0.15) is 5.10 Å². The Morgan fingerprint density at radius 3 is 2.88 bits per heavy atom. The number of aromatic nitrogens is 5. The molecule has 2 N–H and O–H groups in total. The van der Waals surface area contributed by atoms with Crippen LogP contribution in [0.25, 0.3) is 22.4 Å². The first-order valence-electron chi connectivity index (χ1n) is 5.14. The molecule has 0 aliphatic rings. The summed E-state index contributed by atoms with van der Waals surface area (Å²) in [5.41, 5.74) is 1.77. The molecule has 3 rings (SSSR count). The molecular weight excluding hydrogens is 218 g/mol. The molecule has 0 saturated heterocycles. The molecule has 3 heterocycles. The minimum absolute atomic E-state index is 0.201. The van der Waals surface area contributed by atoms with Crippen molar-refractivity contribution >= 4 is 11.0 Å². The molecule has 0 bridgehead atoms. The lowest BCUT2D eigenvalue weighted by Crippen LogP contribution is -2.18. The van der Waals surface area contributed by atoms with Crippen LogP contribution in [0.1, 0.15) is 0 Å². The fourth-order valence-electron chi connectivity index (χ4n) is 1.67. The molecule has 0 radical (unpaired) electrons. The summed E-state index contributed by atoms with van der Waals surface area (Å²) in [5, 5.41) is 3.94. The lowest BCUT2D eigenvalue weighted by Gasteiger charge is -1.91. The highest BCUT2D eigenvalue weighted by Crippen LogP contribution is 2.16. The van der Waals surface area contributed by atoms with E-state index < -0.39 is 0 Å². The topological polar surface area (TPSA) is 77.7 Å². The zero-order valence-electron chi connectivity index (χ0n) is 9.14. The van der Waals surface area contributed by atoms with E-state index >= 15 is 0 Å². The molecule has 0 amide bonds. The van der Waals surface area contributed by atoms with E-state index in [1.54, 1.807) is 25.6 Å². The molecule has 17 heavy (non-hydrogen) atoms. The molecule has 0 saturated carbocycles. The molecule has 84 valence electrons. The standard InChI is InChI=1S/C11H9N5O/c1-16-11(17)9-8(6-13-16)14-10(15-9)7-2-4-12-5-3-7/h2-6H,1H3,(H,14,15)/p+1. The average Bonchev–Trinajstić information content (AvgIpc) is 2.80. The van der Waals surface area contributed by atoms with Gasteiger partial charge in [0.25, 0.3) is 5.56 Å². The number of aryl methyl sites for hydroxylation is 1. The lowest BCUT2D eigenvalue weighted by molar-refractivity contribution is -0.377. The monoisotopic (exact) mass is 228 g/mol. The fourth-order valence-corrected chi connectivity index (χ4v) is 1.67. The summed E-state index contributed by atoms with van der Waals surface area (Å²) in [6.07, 6.45) is 5.21. The van der Waals surface area contributed by atoms with Gasteiger partial charge in [-0.05, 0) is 0 Å². The van der Waals surface area contributed by atoms with Gasteiger partial charge in [0.2, 0.25) is 0 Å². The number of nitrogens with one attached hydrogen (secondary N) is 2. The molecule has 0 aliphatic carbocycles. The highest BCUT2D eigenvalue weighted by molar-refractivity contribution is 5.77. The molecular formula is C11H10N5O+. The van der Waals surface area contributed by atoms with Crippen molar-refractivity contribution in [3.05, 3.63) is 41.1 Å². The van der Waals surface area contributed by atoms with Gasteiger partial charge in [-0.3, -0.25) is 4.79 Å². The van der Waals surface area contributed by atoms with Crippen LogP contribution in [0, 0.1) is 0 Å². The Kier molecular flexibility index (Phi) is 2.01. The number of aromatic amines is 2. The zero-order chi connectivity index (χ0) is 11.8. The number of nitrogens with zero attached hydrogens (tertiary/aromatic N) is 3. The first kappa shape index (κ1) is 9.71. The first-order valence-corrected chi connectivity index (χ1v) is 5.14. The molecule has 6 nitrogen and oxygen atoms in total. The van der Waals surface area contributed by atoms with Gasteiger partial charge in [-0.25, -0.2) is 14.6 Å². The Morgan fingerprint density at radius 1 is 1.35 bits per heavy atom. The molecule has 3 aromatic heterocycles. The van der Waals surface area contributed by atoms with E-state index in [0.717, 1.165) is 5.56 Å². The molecule has 0 fully saturated rings. The van der Waals surface area contributed by atoms with Crippen molar-refractivity contribution in [3.8, 4) is 11.4 Å². The third-order valence-corrected chi connectivity index (χ3v) is 2.58.